The zero-order valence-electron chi connectivity index (χ0n) is 12.5. The van der Waals surface area contributed by atoms with E-state index in [1.54, 1.807) is 18.2 Å². The predicted molar refractivity (Wildman–Crippen MR) is 95.5 cm³/mol. The second-order valence-corrected chi connectivity index (χ2v) is 7.27. The minimum atomic E-state index is -0.916. The molecule has 0 fully saturated rings. The van der Waals surface area contributed by atoms with E-state index in [2.05, 4.69) is 26.6 Å². The van der Waals surface area contributed by atoms with Crippen LogP contribution in [0.15, 0.2) is 28.7 Å². The van der Waals surface area contributed by atoms with Crippen molar-refractivity contribution in [2.45, 2.75) is 19.3 Å². The molecule has 0 bridgehead atoms. The quantitative estimate of drug-likeness (QED) is 0.728. The van der Waals surface area contributed by atoms with Gasteiger partial charge in [-0.05, 0) is 52.9 Å². The van der Waals surface area contributed by atoms with Gasteiger partial charge in [-0.2, -0.15) is 0 Å². The van der Waals surface area contributed by atoms with Crippen LogP contribution in [0.5, 0.6) is 0 Å². The van der Waals surface area contributed by atoms with E-state index in [1.165, 1.54) is 11.3 Å². The Hall–Kier alpha value is -2.19. The van der Waals surface area contributed by atoms with Gasteiger partial charge in [-0.1, -0.05) is 12.1 Å². The van der Waals surface area contributed by atoms with Gasteiger partial charge in [0, 0.05) is 9.35 Å². The number of halogens is 1. The smallest absolute Gasteiger partial charge is 0.319 e. The van der Waals surface area contributed by atoms with Gasteiger partial charge in [-0.25, -0.2) is 4.79 Å². The van der Waals surface area contributed by atoms with Crippen LogP contribution in [0.2, 0.25) is 0 Å². The van der Waals surface area contributed by atoms with E-state index in [-0.39, 0.29) is 5.91 Å². The average molecular weight is 408 g/mol. The Bertz CT molecular complexity index is 847. The molecule has 0 saturated carbocycles. The van der Waals surface area contributed by atoms with Crippen LogP contribution in [-0.4, -0.2) is 17.8 Å². The maximum absolute atomic E-state index is 12.5. The minimum Gasteiger partial charge on any atom is -0.351 e. The highest BCUT2D eigenvalue weighted by Gasteiger charge is 2.28. The van der Waals surface area contributed by atoms with E-state index >= 15 is 0 Å². The summed E-state index contributed by atoms with van der Waals surface area (Å²) in [6.07, 6.45) is 2.57. The molecule has 4 amide bonds. The summed E-state index contributed by atoms with van der Waals surface area (Å²) in [7, 11) is 0. The average Bonchev–Trinajstić information content (AvgIpc) is 3.06. The zero-order valence-corrected chi connectivity index (χ0v) is 14.9. The van der Waals surface area contributed by atoms with Crippen LogP contribution in [0.25, 0.3) is 0 Å². The highest BCUT2D eigenvalue weighted by atomic mass is 79.9. The molecule has 3 rings (SSSR count). The van der Waals surface area contributed by atoms with Crippen LogP contribution < -0.4 is 16.4 Å². The first-order valence-corrected chi connectivity index (χ1v) is 8.89. The molecule has 24 heavy (non-hydrogen) atoms. The van der Waals surface area contributed by atoms with E-state index in [4.69, 9.17) is 5.73 Å². The molecule has 1 aliphatic carbocycles. The van der Waals surface area contributed by atoms with Crippen LogP contribution in [-0.2, 0) is 12.8 Å². The molecule has 0 aliphatic heterocycles. The van der Waals surface area contributed by atoms with Gasteiger partial charge in [0.15, 0.2) is 0 Å². The highest BCUT2D eigenvalue weighted by Crippen LogP contribution is 2.39. The third-order valence-corrected chi connectivity index (χ3v) is 5.63. The van der Waals surface area contributed by atoms with Crippen molar-refractivity contribution in [2.24, 2.45) is 5.73 Å². The summed E-state index contributed by atoms with van der Waals surface area (Å²) >= 11 is 4.71. The molecular formula is C16H14BrN3O3S. The van der Waals surface area contributed by atoms with Gasteiger partial charge in [-0.3, -0.25) is 14.9 Å². The van der Waals surface area contributed by atoms with Crippen LogP contribution >= 0.6 is 27.3 Å². The lowest BCUT2D eigenvalue weighted by Gasteiger charge is -2.09. The Kier molecular flexibility index (Phi) is 4.68. The van der Waals surface area contributed by atoms with Gasteiger partial charge >= 0.3 is 6.03 Å². The number of benzene rings is 1. The summed E-state index contributed by atoms with van der Waals surface area (Å²) < 4.78 is 0.662. The van der Waals surface area contributed by atoms with Crippen LogP contribution in [0.3, 0.4) is 0 Å². The molecular weight excluding hydrogens is 394 g/mol. The number of urea groups is 1. The fraction of sp³-hybridized carbons (Fsp3) is 0.188. The van der Waals surface area contributed by atoms with Crippen molar-refractivity contribution in [3.8, 4) is 0 Å². The van der Waals surface area contributed by atoms with Crippen LogP contribution in [0.1, 0.15) is 37.6 Å². The number of carbonyl (C=O) groups is 3. The molecule has 1 aromatic carbocycles. The van der Waals surface area contributed by atoms with Crippen molar-refractivity contribution < 1.29 is 14.4 Å². The number of imide groups is 1. The number of nitrogens with one attached hydrogen (secondary N) is 2. The summed E-state index contributed by atoms with van der Waals surface area (Å²) in [5.41, 5.74) is 6.74. The van der Waals surface area contributed by atoms with Gasteiger partial charge in [0.1, 0.15) is 5.00 Å². The van der Waals surface area contributed by atoms with Crippen molar-refractivity contribution in [3.63, 3.8) is 0 Å². The molecule has 0 atom stereocenters. The van der Waals surface area contributed by atoms with Crippen molar-refractivity contribution in [1.82, 2.24) is 5.32 Å². The fourth-order valence-corrected chi connectivity index (χ4v) is 4.47. The molecule has 1 aliphatic rings. The molecule has 0 radical (unpaired) electrons. The molecule has 8 heteroatoms. The third kappa shape index (κ3) is 3.20. The lowest BCUT2D eigenvalue weighted by Crippen LogP contribution is -2.35. The lowest BCUT2D eigenvalue weighted by molar-refractivity contribution is 0.0966. The zero-order chi connectivity index (χ0) is 17.3. The molecule has 6 nitrogen and oxygen atoms in total. The van der Waals surface area contributed by atoms with Gasteiger partial charge in [0.2, 0.25) is 0 Å². The van der Waals surface area contributed by atoms with Crippen molar-refractivity contribution in [3.05, 3.63) is 50.3 Å². The number of anilines is 1. The first-order chi connectivity index (χ1) is 11.5. The lowest BCUT2D eigenvalue weighted by atomic mass is 10.1. The topological polar surface area (TPSA) is 101 Å². The van der Waals surface area contributed by atoms with E-state index in [0.29, 0.717) is 20.6 Å². The van der Waals surface area contributed by atoms with Crippen molar-refractivity contribution >= 4 is 50.1 Å². The Balaban J connectivity index is 1.94. The molecule has 1 aromatic heterocycles. The van der Waals surface area contributed by atoms with Crippen molar-refractivity contribution in [1.29, 1.82) is 0 Å². The number of nitrogens with two attached hydrogens (primary N) is 1. The Morgan fingerprint density at radius 1 is 1.12 bits per heavy atom. The summed E-state index contributed by atoms with van der Waals surface area (Å²) in [5.74, 6) is -0.903. The standard InChI is InChI=1S/C16H14BrN3O3S/c17-10-6-2-1-4-8(10)13(21)19-15-12(14(22)20-16(18)23)9-5-3-7-11(9)24-15/h1-2,4,6H,3,5,7H2,(H,19,21)(H3,18,20,22,23). The Morgan fingerprint density at radius 3 is 2.58 bits per heavy atom. The number of rotatable bonds is 3. The Morgan fingerprint density at radius 2 is 1.88 bits per heavy atom. The normalized spacial score (nSPS) is 12.5. The summed E-state index contributed by atoms with van der Waals surface area (Å²) in [4.78, 5) is 36.9. The summed E-state index contributed by atoms with van der Waals surface area (Å²) in [5, 5.41) is 5.32. The van der Waals surface area contributed by atoms with Gasteiger partial charge in [0.25, 0.3) is 11.8 Å². The number of hydrogen-bond donors (Lipinski definition) is 3. The summed E-state index contributed by atoms with van der Waals surface area (Å²) in [6, 6.07) is 6.11. The molecule has 0 saturated heterocycles. The number of hydrogen-bond acceptors (Lipinski definition) is 4. The molecule has 124 valence electrons. The van der Waals surface area contributed by atoms with E-state index in [0.717, 1.165) is 29.7 Å². The maximum atomic E-state index is 12.5. The van der Waals surface area contributed by atoms with E-state index in [1.807, 2.05) is 6.07 Å². The second-order valence-electron chi connectivity index (χ2n) is 5.31. The SMILES string of the molecule is NC(=O)NC(=O)c1c(NC(=O)c2ccccc2Br)sc2c1CCC2. The predicted octanol–water partition coefficient (Wildman–Crippen LogP) is 3.06. The van der Waals surface area contributed by atoms with Gasteiger partial charge in [0.05, 0.1) is 11.1 Å². The number of aryl methyl sites for hydroxylation is 1. The number of amides is 4. The monoisotopic (exact) mass is 407 g/mol. The van der Waals surface area contributed by atoms with E-state index in [9.17, 15) is 14.4 Å². The largest absolute Gasteiger partial charge is 0.351 e. The molecule has 2 aromatic rings. The third-order valence-electron chi connectivity index (χ3n) is 3.73. The highest BCUT2D eigenvalue weighted by molar-refractivity contribution is 9.10. The second kappa shape index (κ2) is 6.74. The van der Waals surface area contributed by atoms with Gasteiger partial charge in [-0.15, -0.1) is 11.3 Å². The summed E-state index contributed by atoms with van der Waals surface area (Å²) in [6.45, 7) is 0. The molecule has 4 N–H and O–H groups in total. The van der Waals surface area contributed by atoms with E-state index < -0.39 is 11.9 Å². The Labute approximate surface area is 150 Å². The number of carbonyl (C=O) groups excluding carboxylic acids is 3. The van der Waals surface area contributed by atoms with Crippen molar-refractivity contribution in [2.75, 3.05) is 5.32 Å². The molecule has 0 unspecified atom stereocenters. The first-order valence-electron chi connectivity index (χ1n) is 7.28. The number of primary amides is 1. The number of fused-ring (bicyclic) bond motifs is 1. The maximum Gasteiger partial charge on any atom is 0.319 e. The van der Waals surface area contributed by atoms with Crippen LogP contribution in [0.4, 0.5) is 9.80 Å². The molecule has 1 heterocycles. The number of thiophene rings is 1. The minimum absolute atomic E-state index is 0.324. The molecule has 0 spiro atoms. The van der Waals surface area contributed by atoms with Crippen LogP contribution in [0, 0.1) is 0 Å². The fourth-order valence-electron chi connectivity index (χ4n) is 2.72. The first kappa shape index (κ1) is 16.7. The van der Waals surface area contributed by atoms with Gasteiger partial charge < -0.3 is 11.1 Å².